The number of aliphatic imine (C=N–C) groups is 1. The average Bonchev–Trinajstić information content (AvgIpc) is 3.14. The molecule has 0 aliphatic carbocycles. The minimum absolute atomic E-state index is 0.115. The van der Waals surface area contributed by atoms with E-state index in [1.165, 1.54) is 0 Å². The number of nitrogens with one attached hydrogen (secondary N) is 2. The van der Waals surface area contributed by atoms with Gasteiger partial charge in [-0.2, -0.15) is 0 Å². The molecule has 2 aromatic rings. The zero-order valence-corrected chi connectivity index (χ0v) is 22.0. The van der Waals surface area contributed by atoms with Crippen LogP contribution in [0.5, 0.6) is 5.75 Å². The fourth-order valence-corrected chi connectivity index (χ4v) is 6.41. The van der Waals surface area contributed by atoms with Crippen molar-refractivity contribution in [2.24, 2.45) is 4.99 Å². The molecule has 2 aliphatic rings. The Bertz CT molecular complexity index is 1220. The molecule has 0 atom stereocenters. The molecular formula is C25H36N6O3S. The molecule has 1 saturated heterocycles. The number of hydrogen-bond donors (Lipinski definition) is 2. The number of sulfone groups is 1. The minimum Gasteiger partial charge on any atom is -0.491 e. The number of nitrogens with zero attached hydrogens (tertiary/aromatic N) is 4. The summed E-state index contributed by atoms with van der Waals surface area (Å²) in [6.45, 7) is 12.5. The topological polar surface area (TPSA) is 113 Å². The Kier molecular flexibility index (Phi) is 7.32. The fraction of sp³-hybridized carbons (Fsp3) is 0.560. The second-order valence-electron chi connectivity index (χ2n) is 9.87. The molecule has 1 aromatic carbocycles. The third-order valence-electron chi connectivity index (χ3n) is 6.48. The van der Waals surface area contributed by atoms with E-state index in [2.05, 4.69) is 29.1 Å². The number of benzene rings is 1. The Hall–Kier alpha value is -2.72. The van der Waals surface area contributed by atoms with Gasteiger partial charge in [0, 0.05) is 18.3 Å². The lowest BCUT2D eigenvalue weighted by Gasteiger charge is -2.34. The quantitative estimate of drug-likeness (QED) is 0.481. The van der Waals surface area contributed by atoms with Crippen molar-refractivity contribution >= 4 is 21.5 Å². The Morgan fingerprint density at radius 3 is 2.54 bits per heavy atom. The molecule has 0 bridgehead atoms. The highest BCUT2D eigenvalue weighted by atomic mass is 32.2. The van der Waals surface area contributed by atoms with Crippen LogP contribution in [0.15, 0.2) is 34.3 Å². The van der Waals surface area contributed by atoms with Gasteiger partial charge in [0.25, 0.3) is 0 Å². The summed E-state index contributed by atoms with van der Waals surface area (Å²) in [6, 6.07) is 5.66. The van der Waals surface area contributed by atoms with Crippen molar-refractivity contribution in [3.8, 4) is 17.1 Å². The highest BCUT2D eigenvalue weighted by molar-refractivity contribution is 7.92. The Morgan fingerprint density at radius 1 is 1.20 bits per heavy atom. The van der Waals surface area contributed by atoms with Crippen molar-refractivity contribution in [3.63, 3.8) is 0 Å². The van der Waals surface area contributed by atoms with Crippen LogP contribution in [0.4, 0.5) is 0 Å². The summed E-state index contributed by atoms with van der Waals surface area (Å²) in [5, 5.41) is 10.7. The smallest absolute Gasteiger partial charge is 0.181 e. The lowest BCUT2D eigenvalue weighted by molar-refractivity contribution is 0.186. The molecule has 190 valence electrons. The monoisotopic (exact) mass is 500 g/mol. The van der Waals surface area contributed by atoms with Gasteiger partial charge < -0.3 is 19.5 Å². The van der Waals surface area contributed by atoms with E-state index in [0.29, 0.717) is 65.6 Å². The molecule has 1 fully saturated rings. The molecule has 9 nitrogen and oxygen atoms in total. The van der Waals surface area contributed by atoms with Crippen LogP contribution < -0.4 is 10.1 Å². The van der Waals surface area contributed by atoms with Crippen molar-refractivity contribution in [1.29, 1.82) is 5.41 Å². The third kappa shape index (κ3) is 5.43. The third-order valence-corrected chi connectivity index (χ3v) is 8.74. The number of rotatable bonds is 5. The van der Waals surface area contributed by atoms with Crippen molar-refractivity contribution in [2.45, 2.75) is 76.2 Å². The SMILES string of the molecule is CC(=N)/N=C(\NC(C)C)c1cn2c(n1)-c1cc(S(=O)(=O)C3CCN(C(C)C)CC3)ccc1OCC2. The molecule has 0 amide bonds. The summed E-state index contributed by atoms with van der Waals surface area (Å²) >= 11 is 0. The Morgan fingerprint density at radius 2 is 1.91 bits per heavy atom. The molecule has 35 heavy (non-hydrogen) atoms. The van der Waals surface area contributed by atoms with Gasteiger partial charge in [0.1, 0.15) is 29.7 Å². The number of likely N-dealkylation sites (tertiary alicyclic amines) is 1. The summed E-state index contributed by atoms with van der Waals surface area (Å²) in [5.41, 5.74) is 1.27. The number of amidine groups is 2. The van der Waals surface area contributed by atoms with Crippen LogP contribution in [-0.4, -0.2) is 71.6 Å². The highest BCUT2D eigenvalue weighted by Crippen LogP contribution is 2.36. The summed E-state index contributed by atoms with van der Waals surface area (Å²) in [5.74, 6) is 1.96. The van der Waals surface area contributed by atoms with Crippen LogP contribution in [0, 0.1) is 5.41 Å². The normalized spacial score (nSPS) is 17.6. The van der Waals surface area contributed by atoms with E-state index in [0.717, 1.165) is 13.1 Å². The maximum Gasteiger partial charge on any atom is 0.181 e. The minimum atomic E-state index is -3.48. The van der Waals surface area contributed by atoms with Crippen molar-refractivity contribution in [3.05, 3.63) is 30.1 Å². The first-order valence-corrected chi connectivity index (χ1v) is 13.8. The second-order valence-corrected chi connectivity index (χ2v) is 12.1. The Balaban J connectivity index is 1.70. The van der Waals surface area contributed by atoms with Gasteiger partial charge in [-0.05, 0) is 78.7 Å². The number of hydrogen-bond acceptors (Lipinski definition) is 6. The van der Waals surface area contributed by atoms with Gasteiger partial charge in [0.2, 0.25) is 0 Å². The molecule has 2 N–H and O–H groups in total. The van der Waals surface area contributed by atoms with E-state index in [9.17, 15) is 8.42 Å². The molecule has 4 rings (SSSR count). The van der Waals surface area contributed by atoms with E-state index in [4.69, 9.17) is 15.1 Å². The molecule has 0 spiro atoms. The van der Waals surface area contributed by atoms with Gasteiger partial charge in [-0.3, -0.25) is 5.41 Å². The number of piperidine rings is 1. The van der Waals surface area contributed by atoms with E-state index >= 15 is 0 Å². The summed E-state index contributed by atoms with van der Waals surface area (Å²) in [7, 11) is -3.48. The van der Waals surface area contributed by atoms with Gasteiger partial charge in [0.05, 0.1) is 22.3 Å². The lowest BCUT2D eigenvalue weighted by Crippen LogP contribution is -2.42. The lowest BCUT2D eigenvalue weighted by atomic mass is 10.1. The largest absolute Gasteiger partial charge is 0.491 e. The van der Waals surface area contributed by atoms with Gasteiger partial charge in [-0.25, -0.2) is 18.4 Å². The average molecular weight is 501 g/mol. The zero-order valence-electron chi connectivity index (χ0n) is 21.2. The molecule has 3 heterocycles. The molecule has 0 radical (unpaired) electrons. The molecule has 10 heteroatoms. The van der Waals surface area contributed by atoms with Crippen LogP contribution in [0.3, 0.4) is 0 Å². The standard InChI is InChI=1S/C25H36N6O3S/c1-16(2)27-24(28-18(5)26)22-15-31-12-13-34-23-7-6-20(14-21(23)25(31)29-22)35(32,33)19-8-10-30(11-9-19)17(3)4/h6-7,14-17,19H,8-13H2,1-5H3,(H2,26,27,28). The number of fused-ring (bicyclic) bond motifs is 3. The van der Waals surface area contributed by atoms with E-state index < -0.39 is 9.84 Å². The van der Waals surface area contributed by atoms with E-state index in [1.54, 1.807) is 25.1 Å². The van der Waals surface area contributed by atoms with Gasteiger partial charge in [0.15, 0.2) is 15.7 Å². The predicted octanol–water partition coefficient (Wildman–Crippen LogP) is 3.33. The molecular weight excluding hydrogens is 464 g/mol. The van der Waals surface area contributed by atoms with Crippen LogP contribution in [0.25, 0.3) is 11.4 Å². The molecule has 0 saturated carbocycles. The maximum absolute atomic E-state index is 13.6. The van der Waals surface area contributed by atoms with Crippen LogP contribution in [0.2, 0.25) is 0 Å². The van der Waals surface area contributed by atoms with Crippen LogP contribution >= 0.6 is 0 Å². The fourth-order valence-electron chi connectivity index (χ4n) is 4.66. The molecule has 0 unspecified atom stereocenters. The van der Waals surface area contributed by atoms with E-state index in [-0.39, 0.29) is 17.1 Å². The summed E-state index contributed by atoms with van der Waals surface area (Å²) in [4.78, 5) is 11.8. The predicted molar refractivity (Wildman–Crippen MR) is 138 cm³/mol. The van der Waals surface area contributed by atoms with Gasteiger partial charge in [-0.15, -0.1) is 0 Å². The first-order chi connectivity index (χ1) is 16.6. The van der Waals surface area contributed by atoms with Crippen molar-refractivity contribution < 1.29 is 13.2 Å². The number of ether oxygens (including phenoxy) is 1. The van der Waals surface area contributed by atoms with Crippen LogP contribution in [-0.2, 0) is 16.4 Å². The molecule has 1 aromatic heterocycles. The highest BCUT2D eigenvalue weighted by Gasteiger charge is 2.33. The first kappa shape index (κ1) is 25.4. The summed E-state index contributed by atoms with van der Waals surface area (Å²) < 4.78 is 35.0. The first-order valence-electron chi connectivity index (χ1n) is 12.3. The zero-order chi connectivity index (χ0) is 25.3. The van der Waals surface area contributed by atoms with Crippen LogP contribution in [0.1, 0.15) is 53.2 Å². The second kappa shape index (κ2) is 10.1. The van der Waals surface area contributed by atoms with Gasteiger partial charge in [-0.1, -0.05) is 0 Å². The number of imidazole rings is 1. The summed E-state index contributed by atoms with van der Waals surface area (Å²) in [6.07, 6.45) is 3.15. The van der Waals surface area contributed by atoms with E-state index in [1.807, 2.05) is 24.6 Å². The maximum atomic E-state index is 13.6. The van der Waals surface area contributed by atoms with Gasteiger partial charge >= 0.3 is 0 Å². The van der Waals surface area contributed by atoms with Crippen molar-refractivity contribution in [2.75, 3.05) is 19.7 Å². The Labute approximate surface area is 208 Å². The van der Waals surface area contributed by atoms with Crippen molar-refractivity contribution in [1.82, 2.24) is 19.8 Å². The number of aromatic nitrogens is 2. The molecule has 2 aliphatic heterocycles.